The number of piperidine rings is 1. The third-order valence-corrected chi connectivity index (χ3v) is 10.7. The molecule has 3 aliphatic carbocycles. The van der Waals surface area contributed by atoms with Crippen molar-refractivity contribution < 1.29 is 9.59 Å². The second-order valence-corrected chi connectivity index (χ2v) is 13.9. The van der Waals surface area contributed by atoms with E-state index in [1.807, 2.05) is 4.90 Å². The van der Waals surface area contributed by atoms with Crippen molar-refractivity contribution in [3.8, 4) is 0 Å². The predicted octanol–water partition coefficient (Wildman–Crippen LogP) is 6.40. The lowest BCUT2D eigenvalue weighted by molar-refractivity contribution is -0.139. The van der Waals surface area contributed by atoms with Crippen LogP contribution in [0.2, 0.25) is 0 Å². The highest BCUT2D eigenvalue weighted by Crippen LogP contribution is 2.34. The first kappa shape index (κ1) is 28.3. The van der Waals surface area contributed by atoms with Gasteiger partial charge in [-0.25, -0.2) is 0 Å². The van der Waals surface area contributed by atoms with Gasteiger partial charge in [-0.3, -0.25) is 9.59 Å². The number of carbonyl (C=O) groups is 2. The number of alkyl halides is 2. The number of fused-ring (bicyclic) bond motifs is 6. The molecule has 3 unspecified atom stereocenters. The van der Waals surface area contributed by atoms with Gasteiger partial charge in [-0.2, -0.15) is 0 Å². The van der Waals surface area contributed by atoms with Crippen molar-refractivity contribution in [1.29, 1.82) is 0 Å². The first-order chi connectivity index (χ1) is 18.4. The Labute approximate surface area is 239 Å². The minimum atomic E-state index is -0.134. The molecule has 3 aliphatic heterocycles. The van der Waals surface area contributed by atoms with Gasteiger partial charge < -0.3 is 15.1 Å². The molecule has 5 nitrogen and oxygen atoms in total. The van der Waals surface area contributed by atoms with E-state index in [0.717, 1.165) is 109 Å². The largest absolute Gasteiger partial charge is 0.365 e. The van der Waals surface area contributed by atoms with Crippen molar-refractivity contribution in [2.24, 2.45) is 17.8 Å². The van der Waals surface area contributed by atoms with Crippen LogP contribution in [-0.4, -0.2) is 64.6 Å². The van der Waals surface area contributed by atoms with Gasteiger partial charge in [0.2, 0.25) is 11.8 Å². The number of allylic oxidation sites excluding steroid dienone is 2. The average molecular weight is 565 g/mol. The van der Waals surface area contributed by atoms with Crippen LogP contribution in [0.5, 0.6) is 0 Å². The van der Waals surface area contributed by atoms with Crippen LogP contribution in [0, 0.1) is 17.8 Å². The maximum Gasteiger partial charge on any atom is 0.245 e. The Morgan fingerprint density at radius 2 is 1.55 bits per heavy atom. The summed E-state index contributed by atoms with van der Waals surface area (Å²) in [5, 5.41) is 3.78. The highest BCUT2D eigenvalue weighted by molar-refractivity contribution is 6.20. The molecule has 0 aromatic rings. The standard InChI is InChI=1S/C31H47Cl2N3O2/c32-27-11-8-24(9-12-27)21-36-20-23-6-4-22(5-7-23)10-13-29(36)31(38)35-16-14-26(15-17-35)30(37)34-19-25-2-1-3-28(33)18-25/h10,20,24-29H,1-9,11-19,21H2,(H,34,37). The molecule has 6 aliphatic rings. The second-order valence-electron chi connectivity index (χ2n) is 12.7. The topological polar surface area (TPSA) is 52.7 Å². The molecule has 0 spiro atoms. The summed E-state index contributed by atoms with van der Waals surface area (Å²) in [7, 11) is 0. The summed E-state index contributed by atoms with van der Waals surface area (Å²) in [5.41, 5.74) is 3.03. The van der Waals surface area contributed by atoms with Crippen LogP contribution in [0.4, 0.5) is 0 Å². The van der Waals surface area contributed by atoms with Crippen molar-refractivity contribution in [3.63, 3.8) is 0 Å². The summed E-state index contributed by atoms with van der Waals surface area (Å²) < 4.78 is 0. The van der Waals surface area contributed by atoms with Crippen molar-refractivity contribution in [1.82, 2.24) is 15.1 Å². The Morgan fingerprint density at radius 1 is 0.842 bits per heavy atom. The van der Waals surface area contributed by atoms with Gasteiger partial charge in [0.1, 0.15) is 6.04 Å². The molecule has 0 aromatic heterocycles. The van der Waals surface area contributed by atoms with Gasteiger partial charge in [-0.05, 0) is 108 Å². The van der Waals surface area contributed by atoms with Crippen molar-refractivity contribution >= 4 is 35.0 Å². The Hall–Kier alpha value is -1.20. The van der Waals surface area contributed by atoms with E-state index in [1.165, 1.54) is 11.1 Å². The van der Waals surface area contributed by atoms with Crippen LogP contribution in [-0.2, 0) is 9.59 Å². The summed E-state index contributed by atoms with van der Waals surface area (Å²) in [6, 6.07) is -0.134. The SMILES string of the molecule is O=C(NCC1CCCC(Cl)C1)C1CCN(C(=O)C2CC=C3CCC(=CN2CC2CCC(Cl)CC2)CC3)CC1. The lowest BCUT2D eigenvalue weighted by Gasteiger charge is -2.39. The fourth-order valence-corrected chi connectivity index (χ4v) is 8.02. The van der Waals surface area contributed by atoms with E-state index >= 15 is 0 Å². The zero-order valence-electron chi connectivity index (χ0n) is 23.0. The van der Waals surface area contributed by atoms with Crippen LogP contribution in [0.1, 0.15) is 96.3 Å². The molecule has 7 heteroatoms. The molecule has 3 heterocycles. The van der Waals surface area contributed by atoms with E-state index in [1.54, 1.807) is 0 Å². The molecule has 38 heavy (non-hydrogen) atoms. The maximum atomic E-state index is 14.0. The van der Waals surface area contributed by atoms with E-state index in [4.69, 9.17) is 23.2 Å². The van der Waals surface area contributed by atoms with Crippen LogP contribution >= 0.6 is 23.2 Å². The minimum absolute atomic E-state index is 0.0110. The van der Waals surface area contributed by atoms with Gasteiger partial charge in [0.15, 0.2) is 0 Å². The lowest BCUT2D eigenvalue weighted by atomic mass is 9.88. The summed E-state index contributed by atoms with van der Waals surface area (Å²) in [6.07, 6.45) is 20.5. The molecule has 0 radical (unpaired) electrons. The van der Waals surface area contributed by atoms with Gasteiger partial charge in [0.25, 0.3) is 0 Å². The number of amides is 2. The normalized spacial score (nSPS) is 33.1. The van der Waals surface area contributed by atoms with E-state index in [9.17, 15) is 9.59 Å². The highest BCUT2D eigenvalue weighted by atomic mass is 35.5. The van der Waals surface area contributed by atoms with Gasteiger partial charge in [-0.1, -0.05) is 23.6 Å². The first-order valence-corrected chi connectivity index (χ1v) is 16.3. The quantitative estimate of drug-likeness (QED) is 0.300. The maximum absolute atomic E-state index is 14.0. The van der Waals surface area contributed by atoms with Gasteiger partial charge in [0.05, 0.1) is 0 Å². The fraction of sp³-hybridized carbons (Fsp3) is 0.806. The zero-order valence-corrected chi connectivity index (χ0v) is 24.5. The first-order valence-electron chi connectivity index (χ1n) is 15.4. The van der Waals surface area contributed by atoms with Gasteiger partial charge in [0, 0.05) is 42.9 Å². The summed E-state index contributed by atoms with van der Waals surface area (Å²) in [4.78, 5) is 31.4. The molecule has 3 saturated carbocycles. The molecule has 6 rings (SSSR count). The van der Waals surface area contributed by atoms with E-state index in [0.29, 0.717) is 30.3 Å². The summed E-state index contributed by atoms with van der Waals surface area (Å²) in [5.74, 6) is 1.54. The number of hydrogen-bond acceptors (Lipinski definition) is 3. The number of likely N-dealkylation sites (tertiary alicyclic amines) is 1. The van der Waals surface area contributed by atoms with E-state index < -0.39 is 0 Å². The number of nitrogens with zero attached hydrogens (tertiary/aromatic N) is 2. The predicted molar refractivity (Wildman–Crippen MR) is 155 cm³/mol. The summed E-state index contributed by atoms with van der Waals surface area (Å²) >= 11 is 12.7. The Kier molecular flexibility index (Phi) is 10.0. The second kappa shape index (κ2) is 13.4. The number of halogens is 2. The van der Waals surface area contributed by atoms with E-state index in [-0.39, 0.29) is 29.2 Å². The van der Waals surface area contributed by atoms with E-state index in [2.05, 4.69) is 22.5 Å². The Morgan fingerprint density at radius 3 is 2.26 bits per heavy atom. The van der Waals surface area contributed by atoms with Crippen LogP contribution in [0.3, 0.4) is 0 Å². The minimum Gasteiger partial charge on any atom is -0.365 e. The monoisotopic (exact) mass is 563 g/mol. The molecule has 2 amide bonds. The van der Waals surface area contributed by atoms with Gasteiger partial charge >= 0.3 is 0 Å². The van der Waals surface area contributed by atoms with Crippen molar-refractivity contribution in [2.75, 3.05) is 26.2 Å². The molecule has 2 bridgehead atoms. The highest BCUT2D eigenvalue weighted by Gasteiger charge is 2.35. The van der Waals surface area contributed by atoms with Crippen molar-refractivity contribution in [3.05, 3.63) is 23.4 Å². The molecule has 212 valence electrons. The fourth-order valence-electron chi connectivity index (χ4n) is 7.36. The molecule has 3 atom stereocenters. The number of nitrogens with one attached hydrogen (secondary N) is 1. The number of hydrogen-bond donors (Lipinski definition) is 1. The van der Waals surface area contributed by atoms with Crippen LogP contribution < -0.4 is 5.32 Å². The molecule has 1 N–H and O–H groups in total. The Balaban J connectivity index is 1.18. The lowest BCUT2D eigenvalue weighted by Crippen LogP contribution is -2.51. The molecule has 4 fully saturated rings. The molecular weight excluding hydrogens is 517 g/mol. The average Bonchev–Trinajstić information content (AvgIpc) is 3.07. The number of rotatable bonds is 6. The third-order valence-electron chi connectivity index (χ3n) is 9.90. The van der Waals surface area contributed by atoms with Crippen LogP contribution in [0.25, 0.3) is 0 Å². The Bertz CT molecular complexity index is 878. The van der Waals surface area contributed by atoms with Crippen LogP contribution in [0.15, 0.2) is 23.4 Å². The van der Waals surface area contributed by atoms with Crippen molar-refractivity contribution in [2.45, 2.75) is 113 Å². The smallest absolute Gasteiger partial charge is 0.245 e. The molecule has 0 aromatic carbocycles. The zero-order chi connectivity index (χ0) is 26.5. The molecular formula is C31H47Cl2N3O2. The third kappa shape index (κ3) is 7.50. The van der Waals surface area contributed by atoms with Gasteiger partial charge in [-0.15, -0.1) is 23.2 Å². The summed E-state index contributed by atoms with van der Waals surface area (Å²) in [6.45, 7) is 3.06. The molecule has 1 saturated heterocycles. The number of carbonyl (C=O) groups excluding carboxylic acids is 2.